The van der Waals surface area contributed by atoms with Gasteiger partial charge in [0.1, 0.15) is 0 Å². The van der Waals surface area contributed by atoms with Crippen LogP contribution in [0.2, 0.25) is 0 Å². The molecule has 0 saturated heterocycles. The quantitative estimate of drug-likeness (QED) is 0.650. The molecule has 2 N–H and O–H groups in total. The van der Waals surface area contributed by atoms with Crippen molar-refractivity contribution in [1.29, 1.82) is 0 Å². The van der Waals surface area contributed by atoms with Crippen molar-refractivity contribution in [2.24, 2.45) is 0 Å². The molecular weight excluding hydrogens is 356 g/mol. The highest BCUT2D eigenvalue weighted by Gasteiger charge is 2.09. The Morgan fingerprint density at radius 2 is 1.41 bits per heavy atom. The Hall–Kier alpha value is -2.79. The summed E-state index contributed by atoms with van der Waals surface area (Å²) >= 11 is 1.30. The summed E-state index contributed by atoms with van der Waals surface area (Å²) in [6, 6.07) is 19.7. The molecule has 4 nitrogen and oxygen atoms in total. The predicted octanol–water partition coefficient (Wildman–Crippen LogP) is 4.77. The van der Waals surface area contributed by atoms with Crippen LogP contribution in [0, 0.1) is 13.8 Å². The van der Waals surface area contributed by atoms with E-state index in [4.69, 9.17) is 0 Å². The molecule has 0 aromatic heterocycles. The maximum Gasteiger partial charge on any atom is 0.234 e. The molecule has 0 spiro atoms. The lowest BCUT2D eigenvalue weighted by molar-refractivity contribution is -0.114. The monoisotopic (exact) mass is 378 g/mol. The van der Waals surface area contributed by atoms with Gasteiger partial charge in [0.15, 0.2) is 0 Å². The van der Waals surface area contributed by atoms with E-state index in [1.807, 2.05) is 74.5 Å². The molecule has 3 aromatic carbocycles. The maximum absolute atomic E-state index is 12.1. The minimum absolute atomic E-state index is 0.101. The van der Waals surface area contributed by atoms with Gasteiger partial charge >= 0.3 is 0 Å². The summed E-state index contributed by atoms with van der Waals surface area (Å²) in [5.41, 5.74) is 3.67. The van der Waals surface area contributed by atoms with Crippen LogP contribution in [0.4, 0.5) is 11.4 Å². The number of para-hydroxylation sites is 1. The van der Waals surface area contributed by atoms with Gasteiger partial charge in [-0.15, -0.1) is 11.8 Å². The fourth-order valence-corrected chi connectivity index (χ4v) is 3.50. The molecule has 0 fully saturated rings. The molecule has 0 radical (unpaired) electrons. The third-order valence-electron chi connectivity index (χ3n) is 4.25. The van der Waals surface area contributed by atoms with Gasteiger partial charge in [0.05, 0.1) is 11.5 Å². The van der Waals surface area contributed by atoms with Gasteiger partial charge in [-0.2, -0.15) is 0 Å². The van der Waals surface area contributed by atoms with Crippen LogP contribution in [0.15, 0.2) is 60.7 Å². The highest BCUT2D eigenvalue weighted by Crippen LogP contribution is 2.20. The first-order valence-electron chi connectivity index (χ1n) is 8.75. The highest BCUT2D eigenvalue weighted by molar-refractivity contribution is 8.00. The highest BCUT2D eigenvalue weighted by atomic mass is 32.2. The number of nitrogens with one attached hydrogen (secondary N) is 2. The Morgan fingerprint density at radius 1 is 0.778 bits per heavy atom. The van der Waals surface area contributed by atoms with Gasteiger partial charge < -0.3 is 10.6 Å². The van der Waals surface area contributed by atoms with E-state index in [2.05, 4.69) is 10.6 Å². The second kappa shape index (κ2) is 8.73. The number of fused-ring (bicyclic) bond motifs is 1. The summed E-state index contributed by atoms with van der Waals surface area (Å²) in [6.07, 6.45) is 0. The second-order valence-corrected chi connectivity index (χ2v) is 7.40. The van der Waals surface area contributed by atoms with Gasteiger partial charge in [-0.1, -0.05) is 48.5 Å². The van der Waals surface area contributed by atoms with Crippen molar-refractivity contribution in [2.75, 3.05) is 22.1 Å². The van der Waals surface area contributed by atoms with E-state index in [0.29, 0.717) is 0 Å². The fraction of sp³-hybridized carbons (Fsp3) is 0.182. The van der Waals surface area contributed by atoms with Gasteiger partial charge in [-0.3, -0.25) is 9.59 Å². The lowest BCUT2D eigenvalue weighted by Crippen LogP contribution is -2.19. The van der Waals surface area contributed by atoms with Crippen molar-refractivity contribution in [3.63, 3.8) is 0 Å². The number of anilines is 2. The number of benzene rings is 3. The van der Waals surface area contributed by atoms with E-state index in [-0.39, 0.29) is 23.3 Å². The molecular formula is C22H22N2O2S. The van der Waals surface area contributed by atoms with E-state index in [9.17, 15) is 9.59 Å². The molecule has 0 aliphatic rings. The summed E-state index contributed by atoms with van der Waals surface area (Å²) < 4.78 is 0. The number of hydrogen-bond acceptors (Lipinski definition) is 3. The van der Waals surface area contributed by atoms with Gasteiger partial charge in [-0.25, -0.2) is 0 Å². The average Bonchev–Trinajstić information content (AvgIpc) is 2.65. The fourth-order valence-electron chi connectivity index (χ4n) is 2.89. The molecule has 3 aromatic rings. The van der Waals surface area contributed by atoms with Crippen molar-refractivity contribution in [2.45, 2.75) is 13.8 Å². The molecule has 5 heteroatoms. The van der Waals surface area contributed by atoms with Gasteiger partial charge in [0.2, 0.25) is 11.8 Å². The number of aryl methyl sites for hydroxylation is 2. The van der Waals surface area contributed by atoms with Gasteiger partial charge in [-0.05, 0) is 47.9 Å². The predicted molar refractivity (Wildman–Crippen MR) is 114 cm³/mol. The van der Waals surface area contributed by atoms with Crippen LogP contribution in [0.3, 0.4) is 0 Å². The molecule has 138 valence electrons. The summed E-state index contributed by atoms with van der Waals surface area (Å²) in [4.78, 5) is 24.3. The van der Waals surface area contributed by atoms with Crippen molar-refractivity contribution in [3.05, 3.63) is 71.8 Å². The van der Waals surface area contributed by atoms with Crippen LogP contribution < -0.4 is 10.6 Å². The Bertz CT molecular complexity index is 965. The van der Waals surface area contributed by atoms with Crippen molar-refractivity contribution < 1.29 is 9.59 Å². The first-order chi connectivity index (χ1) is 13.0. The number of amides is 2. The van der Waals surface area contributed by atoms with Crippen LogP contribution in [0.5, 0.6) is 0 Å². The molecule has 0 aliphatic heterocycles. The van der Waals surface area contributed by atoms with Gasteiger partial charge in [0.25, 0.3) is 0 Å². The zero-order chi connectivity index (χ0) is 19.2. The van der Waals surface area contributed by atoms with Crippen LogP contribution in [-0.4, -0.2) is 23.3 Å². The number of carbonyl (C=O) groups excluding carboxylic acids is 2. The lowest BCUT2D eigenvalue weighted by atomic mass is 10.1. The normalized spacial score (nSPS) is 10.6. The second-order valence-electron chi connectivity index (χ2n) is 6.42. The van der Waals surface area contributed by atoms with Crippen molar-refractivity contribution in [3.8, 4) is 0 Å². The summed E-state index contributed by atoms with van der Waals surface area (Å²) in [5.74, 6) is 0.248. The Kier molecular flexibility index (Phi) is 6.14. The standard InChI is InChI=1S/C22H22N2O2S/c1-15-6-5-7-16(2)22(15)24-21(26)14-27-13-20(25)23-19-11-10-17-8-3-4-9-18(17)12-19/h3-12H,13-14H2,1-2H3,(H,23,25)(H,24,26). The third kappa shape index (κ3) is 5.11. The molecule has 0 saturated carbocycles. The topological polar surface area (TPSA) is 58.2 Å². The number of hydrogen-bond donors (Lipinski definition) is 2. The van der Waals surface area contributed by atoms with E-state index in [0.717, 1.165) is 33.3 Å². The summed E-state index contributed by atoms with van der Waals surface area (Å²) in [6.45, 7) is 3.93. The van der Waals surface area contributed by atoms with E-state index >= 15 is 0 Å². The number of carbonyl (C=O) groups is 2. The number of rotatable bonds is 6. The largest absolute Gasteiger partial charge is 0.325 e. The Morgan fingerprint density at radius 3 is 2.11 bits per heavy atom. The van der Waals surface area contributed by atoms with Crippen LogP contribution in [0.25, 0.3) is 10.8 Å². The van der Waals surface area contributed by atoms with E-state index < -0.39 is 0 Å². The summed E-state index contributed by atoms with van der Waals surface area (Å²) in [7, 11) is 0. The third-order valence-corrected chi connectivity index (χ3v) is 5.18. The van der Waals surface area contributed by atoms with Crippen LogP contribution in [0.1, 0.15) is 11.1 Å². The van der Waals surface area contributed by atoms with E-state index in [1.54, 1.807) is 0 Å². The molecule has 0 atom stereocenters. The minimum Gasteiger partial charge on any atom is -0.325 e. The molecule has 0 heterocycles. The molecule has 0 bridgehead atoms. The minimum atomic E-state index is -0.116. The van der Waals surface area contributed by atoms with Crippen LogP contribution >= 0.6 is 11.8 Å². The first kappa shape index (κ1) is 19.0. The smallest absolute Gasteiger partial charge is 0.234 e. The molecule has 27 heavy (non-hydrogen) atoms. The lowest BCUT2D eigenvalue weighted by Gasteiger charge is -2.11. The summed E-state index contributed by atoms with van der Waals surface area (Å²) in [5, 5.41) is 8.03. The van der Waals surface area contributed by atoms with Crippen LogP contribution in [-0.2, 0) is 9.59 Å². The molecule has 0 aliphatic carbocycles. The Labute approximate surface area is 163 Å². The van der Waals surface area contributed by atoms with Gasteiger partial charge in [0, 0.05) is 11.4 Å². The zero-order valence-electron chi connectivity index (χ0n) is 15.4. The van der Waals surface area contributed by atoms with Crippen molar-refractivity contribution in [1.82, 2.24) is 0 Å². The Balaban J connectivity index is 1.48. The zero-order valence-corrected chi connectivity index (χ0v) is 16.2. The SMILES string of the molecule is Cc1cccc(C)c1NC(=O)CSCC(=O)Nc1ccc2ccccc2c1. The van der Waals surface area contributed by atoms with Crippen molar-refractivity contribution >= 4 is 45.7 Å². The molecule has 0 unspecified atom stereocenters. The van der Waals surface area contributed by atoms with E-state index in [1.165, 1.54) is 11.8 Å². The average molecular weight is 378 g/mol. The number of thioether (sulfide) groups is 1. The first-order valence-corrected chi connectivity index (χ1v) is 9.91. The maximum atomic E-state index is 12.1. The molecule has 2 amide bonds. The molecule has 3 rings (SSSR count).